The van der Waals surface area contributed by atoms with Crippen molar-refractivity contribution in [2.45, 2.75) is 12.8 Å². The zero-order valence-electron chi connectivity index (χ0n) is 14.8. The third-order valence-corrected chi connectivity index (χ3v) is 4.47. The third-order valence-electron chi connectivity index (χ3n) is 4.21. The van der Waals surface area contributed by atoms with Crippen LogP contribution in [0.15, 0.2) is 69.9 Å². The summed E-state index contributed by atoms with van der Waals surface area (Å²) in [6.45, 7) is 1.58. The van der Waals surface area contributed by atoms with Gasteiger partial charge in [-0.1, -0.05) is 35.9 Å². The molecule has 0 amide bonds. The maximum Gasteiger partial charge on any atom is 0.343 e. The Bertz CT molecular complexity index is 1090. The molecule has 0 aliphatic heterocycles. The number of hydrogen-bond acceptors (Lipinski definition) is 5. The fourth-order valence-corrected chi connectivity index (χ4v) is 2.98. The lowest BCUT2D eigenvalue weighted by atomic mass is 9.90. The second-order valence-corrected chi connectivity index (χ2v) is 6.62. The van der Waals surface area contributed by atoms with Gasteiger partial charge in [0.1, 0.15) is 11.5 Å². The lowest BCUT2D eigenvalue weighted by molar-refractivity contribution is -0.384. The predicted molar refractivity (Wildman–Crippen MR) is 107 cm³/mol. The first-order chi connectivity index (χ1) is 13.3. The number of halogens is 1. The van der Waals surface area contributed by atoms with Crippen molar-refractivity contribution < 1.29 is 14.4 Å². The Morgan fingerprint density at radius 3 is 2.36 bits per heavy atom. The van der Waals surface area contributed by atoms with Crippen molar-refractivity contribution in [2.24, 2.45) is 0 Å². The Kier molecular flexibility index (Phi) is 5.61. The lowest BCUT2D eigenvalue weighted by Gasteiger charge is -2.14. The van der Waals surface area contributed by atoms with Gasteiger partial charge >= 0.3 is 5.63 Å². The molecule has 0 aliphatic carbocycles. The number of non-ortho nitro benzene ring substituents is 1. The molecular weight excluding hydrogens is 382 g/mol. The van der Waals surface area contributed by atoms with Crippen LogP contribution in [0.25, 0.3) is 6.08 Å². The molecule has 1 N–H and O–H groups in total. The summed E-state index contributed by atoms with van der Waals surface area (Å²) in [6, 6.07) is 14.3. The highest BCUT2D eigenvalue weighted by Crippen LogP contribution is 2.32. The molecule has 3 aromatic rings. The lowest BCUT2D eigenvalue weighted by Crippen LogP contribution is -2.13. The Hall–Kier alpha value is -3.38. The molecule has 0 saturated carbocycles. The van der Waals surface area contributed by atoms with E-state index < -0.39 is 16.5 Å². The van der Waals surface area contributed by atoms with Crippen molar-refractivity contribution in [3.8, 4) is 5.75 Å². The van der Waals surface area contributed by atoms with E-state index in [0.717, 1.165) is 5.56 Å². The van der Waals surface area contributed by atoms with Crippen molar-refractivity contribution in [2.75, 3.05) is 0 Å². The average Bonchev–Trinajstić information content (AvgIpc) is 2.65. The van der Waals surface area contributed by atoms with E-state index in [0.29, 0.717) is 16.3 Å². The van der Waals surface area contributed by atoms with E-state index in [1.807, 2.05) is 0 Å². The molecule has 2 aromatic carbocycles. The molecule has 1 heterocycles. The second kappa shape index (κ2) is 8.10. The van der Waals surface area contributed by atoms with Crippen molar-refractivity contribution in [3.05, 3.63) is 109 Å². The van der Waals surface area contributed by atoms with E-state index in [9.17, 15) is 20.0 Å². The van der Waals surface area contributed by atoms with Crippen LogP contribution >= 0.6 is 11.6 Å². The summed E-state index contributed by atoms with van der Waals surface area (Å²) in [7, 11) is 0. The maximum absolute atomic E-state index is 12.4. The predicted octanol–water partition coefficient (Wildman–Crippen LogP) is 5.06. The zero-order valence-corrected chi connectivity index (χ0v) is 15.6. The smallest absolute Gasteiger partial charge is 0.343 e. The van der Waals surface area contributed by atoms with Crippen molar-refractivity contribution in [1.82, 2.24) is 0 Å². The normalized spacial score (nSPS) is 12.2. The Balaban J connectivity index is 2.05. The van der Waals surface area contributed by atoms with Crippen molar-refractivity contribution >= 4 is 23.4 Å². The molecule has 0 fully saturated rings. The number of allylic oxidation sites excluding steroid dienone is 1. The summed E-state index contributed by atoms with van der Waals surface area (Å²) in [5, 5.41) is 21.7. The number of aromatic hydroxyl groups is 1. The third kappa shape index (κ3) is 4.29. The van der Waals surface area contributed by atoms with Gasteiger partial charge in [-0.3, -0.25) is 10.1 Å². The largest absolute Gasteiger partial charge is 0.507 e. The van der Waals surface area contributed by atoms with Crippen LogP contribution in [0.5, 0.6) is 5.75 Å². The minimum atomic E-state index is -0.634. The molecule has 1 aromatic heterocycles. The van der Waals surface area contributed by atoms with Gasteiger partial charge in [0.2, 0.25) is 0 Å². The highest BCUT2D eigenvalue weighted by Gasteiger charge is 2.21. The van der Waals surface area contributed by atoms with Gasteiger partial charge in [-0.25, -0.2) is 4.79 Å². The number of nitrogens with zero attached hydrogens (tertiary/aromatic N) is 1. The summed E-state index contributed by atoms with van der Waals surface area (Å²) in [5.74, 6) is -0.452. The zero-order chi connectivity index (χ0) is 20.3. The highest BCUT2D eigenvalue weighted by atomic mass is 35.5. The monoisotopic (exact) mass is 397 g/mol. The van der Waals surface area contributed by atoms with Gasteiger partial charge in [0.25, 0.3) is 5.69 Å². The fourth-order valence-electron chi connectivity index (χ4n) is 2.85. The molecule has 0 radical (unpaired) electrons. The molecule has 28 heavy (non-hydrogen) atoms. The summed E-state index contributed by atoms with van der Waals surface area (Å²) < 4.78 is 5.16. The van der Waals surface area contributed by atoms with Gasteiger partial charge in [-0.2, -0.15) is 0 Å². The van der Waals surface area contributed by atoms with Crippen LogP contribution in [0.1, 0.15) is 28.4 Å². The molecule has 0 spiro atoms. The van der Waals surface area contributed by atoms with Gasteiger partial charge < -0.3 is 9.52 Å². The van der Waals surface area contributed by atoms with Crippen molar-refractivity contribution in [1.29, 1.82) is 0 Å². The van der Waals surface area contributed by atoms with E-state index >= 15 is 0 Å². The molecule has 6 nitrogen and oxygen atoms in total. The SMILES string of the molecule is Cc1cc(O)c(C(/C=C/c2ccc([N+](=O)[O-])cc2)c2ccc(Cl)cc2)c(=O)o1. The molecule has 1 atom stereocenters. The first-order valence-electron chi connectivity index (χ1n) is 8.37. The van der Waals surface area contributed by atoms with E-state index in [-0.39, 0.29) is 17.0 Å². The molecule has 0 bridgehead atoms. The van der Waals surface area contributed by atoms with Crippen LogP contribution in [-0.2, 0) is 0 Å². The molecule has 7 heteroatoms. The number of nitro groups is 1. The van der Waals surface area contributed by atoms with Crippen LogP contribution in [0.4, 0.5) is 5.69 Å². The average molecular weight is 398 g/mol. The number of rotatable bonds is 5. The van der Waals surface area contributed by atoms with Crippen LogP contribution in [-0.4, -0.2) is 10.0 Å². The van der Waals surface area contributed by atoms with Crippen LogP contribution in [0, 0.1) is 17.0 Å². The number of benzene rings is 2. The van der Waals surface area contributed by atoms with Gasteiger partial charge in [-0.05, 0) is 42.3 Å². The summed E-state index contributed by atoms with van der Waals surface area (Å²) >= 11 is 5.96. The van der Waals surface area contributed by atoms with Crippen LogP contribution < -0.4 is 5.63 Å². The van der Waals surface area contributed by atoms with E-state index in [4.69, 9.17) is 16.0 Å². The maximum atomic E-state index is 12.4. The summed E-state index contributed by atoms with van der Waals surface area (Å²) in [4.78, 5) is 22.7. The van der Waals surface area contributed by atoms with Gasteiger partial charge in [-0.15, -0.1) is 0 Å². The summed E-state index contributed by atoms with van der Waals surface area (Å²) in [6.07, 6.45) is 3.45. The quantitative estimate of drug-likeness (QED) is 0.479. The summed E-state index contributed by atoms with van der Waals surface area (Å²) in [5.41, 5.74) is 0.898. The van der Waals surface area contributed by atoms with Crippen LogP contribution in [0.3, 0.4) is 0 Å². The van der Waals surface area contributed by atoms with E-state index in [2.05, 4.69) is 0 Å². The Morgan fingerprint density at radius 2 is 1.79 bits per heavy atom. The van der Waals surface area contributed by atoms with Gasteiger partial charge in [0.05, 0.1) is 10.5 Å². The Labute approximate surface area is 165 Å². The number of aryl methyl sites for hydroxylation is 1. The van der Waals surface area contributed by atoms with E-state index in [1.54, 1.807) is 55.5 Å². The first kappa shape index (κ1) is 19.4. The molecular formula is C21H16ClNO5. The second-order valence-electron chi connectivity index (χ2n) is 6.18. The minimum absolute atomic E-state index is 0.0109. The molecule has 0 aliphatic rings. The topological polar surface area (TPSA) is 93.6 Å². The van der Waals surface area contributed by atoms with Crippen LogP contribution in [0.2, 0.25) is 5.02 Å². The minimum Gasteiger partial charge on any atom is -0.507 e. The van der Waals surface area contributed by atoms with Gasteiger partial charge in [0, 0.05) is 29.1 Å². The van der Waals surface area contributed by atoms with E-state index in [1.165, 1.54) is 18.2 Å². The molecule has 142 valence electrons. The molecule has 3 rings (SSSR count). The number of nitro benzene ring substituents is 1. The van der Waals surface area contributed by atoms with Crippen molar-refractivity contribution in [3.63, 3.8) is 0 Å². The number of hydrogen-bond donors (Lipinski definition) is 1. The first-order valence-corrected chi connectivity index (χ1v) is 8.74. The highest BCUT2D eigenvalue weighted by molar-refractivity contribution is 6.30. The molecule has 0 saturated heterocycles. The van der Waals surface area contributed by atoms with Gasteiger partial charge in [0.15, 0.2) is 0 Å². The standard InChI is InChI=1S/C21H16ClNO5/c1-13-12-19(24)20(21(25)28-13)18(15-5-7-16(22)8-6-15)11-4-14-2-9-17(10-3-14)23(26)27/h2-12,18,24H,1H3/b11-4+. The Morgan fingerprint density at radius 1 is 1.14 bits per heavy atom. The molecule has 1 unspecified atom stereocenters. The fraction of sp³-hybridized carbons (Fsp3) is 0.0952.